The fourth-order valence-corrected chi connectivity index (χ4v) is 3.24. The second kappa shape index (κ2) is 8.12. The van der Waals surface area contributed by atoms with E-state index in [1.54, 1.807) is 6.08 Å². The number of hydrogen-bond acceptors (Lipinski definition) is 5. The van der Waals surface area contributed by atoms with Gasteiger partial charge in [0.15, 0.2) is 0 Å². The minimum Gasteiger partial charge on any atom is -0.494 e. The summed E-state index contributed by atoms with van der Waals surface area (Å²) >= 11 is 6.34. The molecule has 0 aliphatic carbocycles. The molecule has 1 saturated heterocycles. The van der Waals surface area contributed by atoms with E-state index < -0.39 is 5.97 Å². The van der Waals surface area contributed by atoms with Gasteiger partial charge in [-0.3, -0.25) is 14.5 Å². The van der Waals surface area contributed by atoms with Crippen LogP contribution >= 0.6 is 24.0 Å². The molecule has 0 saturated carbocycles. The van der Waals surface area contributed by atoms with Gasteiger partial charge in [-0.25, -0.2) is 0 Å². The second-order valence-corrected chi connectivity index (χ2v) is 6.57. The first-order chi connectivity index (χ1) is 11.0. The number of hydrogen-bond donors (Lipinski definition) is 1. The van der Waals surface area contributed by atoms with Gasteiger partial charge in [-0.1, -0.05) is 43.0 Å². The quantitative estimate of drug-likeness (QED) is 0.601. The van der Waals surface area contributed by atoms with Crippen molar-refractivity contribution in [3.8, 4) is 5.75 Å². The minimum absolute atomic E-state index is 0.0983. The zero-order valence-corrected chi connectivity index (χ0v) is 14.3. The van der Waals surface area contributed by atoms with E-state index in [1.165, 1.54) is 16.7 Å². The van der Waals surface area contributed by atoms with Crippen molar-refractivity contribution in [2.75, 3.05) is 13.2 Å². The Hall–Kier alpha value is -1.86. The van der Waals surface area contributed by atoms with Gasteiger partial charge in [-0.15, -0.1) is 0 Å². The SMILES string of the molecule is CCCOc1ccc(/C=C2\SC(=S)N(CCC(=O)O)C2=O)cc1. The second-order valence-electron chi connectivity index (χ2n) is 4.89. The number of carbonyl (C=O) groups excluding carboxylic acids is 1. The van der Waals surface area contributed by atoms with E-state index in [0.29, 0.717) is 15.8 Å². The molecule has 1 aromatic carbocycles. The van der Waals surface area contributed by atoms with Crippen LogP contribution in [0.25, 0.3) is 6.08 Å². The molecule has 0 aromatic heterocycles. The van der Waals surface area contributed by atoms with Crippen LogP contribution in [-0.2, 0) is 9.59 Å². The topological polar surface area (TPSA) is 66.8 Å². The van der Waals surface area contributed by atoms with E-state index in [-0.39, 0.29) is 18.9 Å². The Kier molecular flexibility index (Phi) is 6.18. The third kappa shape index (κ3) is 4.80. The number of carbonyl (C=O) groups is 2. The molecule has 1 amide bonds. The number of nitrogens with zero attached hydrogens (tertiary/aromatic N) is 1. The Bertz CT molecular complexity index is 640. The standard InChI is InChI=1S/C16H17NO4S2/c1-2-9-21-12-5-3-11(4-6-12)10-13-15(20)17(16(22)23-13)8-7-14(18)19/h3-6,10H,2,7-9H2,1H3,(H,18,19)/b13-10-. The molecule has 0 unspecified atom stereocenters. The molecule has 122 valence electrons. The molecule has 0 bridgehead atoms. The molecule has 2 rings (SSSR count). The van der Waals surface area contributed by atoms with Crippen LogP contribution in [0.5, 0.6) is 5.75 Å². The normalized spacial score (nSPS) is 16.2. The first-order valence-corrected chi connectivity index (χ1v) is 8.43. The van der Waals surface area contributed by atoms with Gasteiger partial charge in [-0.2, -0.15) is 0 Å². The molecule has 1 N–H and O–H groups in total. The summed E-state index contributed by atoms with van der Waals surface area (Å²) in [7, 11) is 0. The number of thioether (sulfide) groups is 1. The van der Waals surface area contributed by atoms with Gasteiger partial charge < -0.3 is 9.84 Å². The zero-order chi connectivity index (χ0) is 16.8. The third-order valence-corrected chi connectivity index (χ3v) is 4.45. The van der Waals surface area contributed by atoms with Gasteiger partial charge in [0.2, 0.25) is 0 Å². The van der Waals surface area contributed by atoms with E-state index in [0.717, 1.165) is 17.7 Å². The highest BCUT2D eigenvalue weighted by Crippen LogP contribution is 2.32. The largest absolute Gasteiger partial charge is 0.494 e. The van der Waals surface area contributed by atoms with Crippen molar-refractivity contribution in [3.05, 3.63) is 34.7 Å². The van der Waals surface area contributed by atoms with Crippen LogP contribution in [0.3, 0.4) is 0 Å². The van der Waals surface area contributed by atoms with E-state index in [9.17, 15) is 9.59 Å². The zero-order valence-electron chi connectivity index (χ0n) is 12.7. The molecule has 0 spiro atoms. The highest BCUT2D eigenvalue weighted by molar-refractivity contribution is 8.26. The Morgan fingerprint density at radius 1 is 1.39 bits per heavy atom. The van der Waals surface area contributed by atoms with Gasteiger partial charge in [0.1, 0.15) is 10.1 Å². The van der Waals surface area contributed by atoms with Crippen molar-refractivity contribution in [1.29, 1.82) is 0 Å². The maximum Gasteiger partial charge on any atom is 0.305 e. The van der Waals surface area contributed by atoms with Crippen LogP contribution in [0.1, 0.15) is 25.3 Å². The fraction of sp³-hybridized carbons (Fsp3) is 0.312. The van der Waals surface area contributed by atoms with Crippen molar-refractivity contribution in [2.24, 2.45) is 0 Å². The number of thiocarbonyl (C=S) groups is 1. The fourth-order valence-electron chi connectivity index (χ4n) is 1.93. The number of benzene rings is 1. The highest BCUT2D eigenvalue weighted by atomic mass is 32.2. The van der Waals surface area contributed by atoms with Crippen molar-refractivity contribution in [1.82, 2.24) is 4.90 Å². The lowest BCUT2D eigenvalue weighted by atomic mass is 10.2. The minimum atomic E-state index is -0.953. The molecule has 1 aromatic rings. The van der Waals surface area contributed by atoms with E-state index in [4.69, 9.17) is 22.1 Å². The molecular weight excluding hydrogens is 334 g/mol. The molecule has 0 radical (unpaired) electrons. The Morgan fingerprint density at radius 2 is 2.09 bits per heavy atom. The molecule has 1 fully saturated rings. The molecular formula is C16H17NO4S2. The number of carboxylic acids is 1. The average molecular weight is 351 g/mol. The van der Waals surface area contributed by atoms with Gasteiger partial charge in [0.05, 0.1) is 17.9 Å². The summed E-state index contributed by atoms with van der Waals surface area (Å²) in [6.45, 7) is 2.81. The molecule has 1 heterocycles. The summed E-state index contributed by atoms with van der Waals surface area (Å²) in [4.78, 5) is 24.7. The third-order valence-electron chi connectivity index (χ3n) is 3.07. The molecule has 7 heteroatoms. The van der Waals surface area contributed by atoms with Crippen molar-refractivity contribution >= 4 is 46.3 Å². The number of amides is 1. The maximum absolute atomic E-state index is 12.3. The number of rotatable bonds is 7. The lowest BCUT2D eigenvalue weighted by molar-refractivity contribution is -0.137. The number of carboxylic acid groups (broad SMARTS) is 1. The summed E-state index contributed by atoms with van der Waals surface area (Å²) in [5, 5.41) is 8.72. The van der Waals surface area contributed by atoms with Gasteiger partial charge in [0, 0.05) is 6.54 Å². The predicted molar refractivity (Wildman–Crippen MR) is 94.4 cm³/mol. The van der Waals surface area contributed by atoms with Crippen LogP contribution < -0.4 is 4.74 Å². The highest BCUT2D eigenvalue weighted by Gasteiger charge is 2.31. The Morgan fingerprint density at radius 3 is 2.70 bits per heavy atom. The van der Waals surface area contributed by atoms with E-state index >= 15 is 0 Å². The van der Waals surface area contributed by atoms with Crippen LogP contribution in [0.4, 0.5) is 0 Å². The van der Waals surface area contributed by atoms with Gasteiger partial charge >= 0.3 is 5.97 Å². The molecule has 5 nitrogen and oxygen atoms in total. The average Bonchev–Trinajstić information content (AvgIpc) is 2.78. The molecule has 1 aliphatic heterocycles. The molecule has 1 aliphatic rings. The van der Waals surface area contributed by atoms with Crippen molar-refractivity contribution in [3.63, 3.8) is 0 Å². The smallest absolute Gasteiger partial charge is 0.305 e. The summed E-state index contributed by atoms with van der Waals surface area (Å²) in [6, 6.07) is 7.45. The summed E-state index contributed by atoms with van der Waals surface area (Å²) in [5.74, 6) is -0.406. The first-order valence-electron chi connectivity index (χ1n) is 7.21. The van der Waals surface area contributed by atoms with Crippen molar-refractivity contribution in [2.45, 2.75) is 19.8 Å². The predicted octanol–water partition coefficient (Wildman–Crippen LogP) is 3.15. The summed E-state index contributed by atoms with van der Waals surface area (Å²) < 4.78 is 5.91. The Balaban J connectivity index is 2.06. The lowest BCUT2D eigenvalue weighted by Gasteiger charge is -2.12. The van der Waals surface area contributed by atoms with Crippen LogP contribution in [-0.4, -0.2) is 39.4 Å². The van der Waals surface area contributed by atoms with Crippen LogP contribution in [0.2, 0.25) is 0 Å². The van der Waals surface area contributed by atoms with Crippen LogP contribution in [0, 0.1) is 0 Å². The summed E-state index contributed by atoms with van der Waals surface area (Å²) in [6.07, 6.45) is 2.58. The van der Waals surface area contributed by atoms with Gasteiger partial charge in [0.25, 0.3) is 5.91 Å². The van der Waals surface area contributed by atoms with Crippen LogP contribution in [0.15, 0.2) is 29.2 Å². The number of aliphatic carboxylic acids is 1. The number of ether oxygens (including phenoxy) is 1. The maximum atomic E-state index is 12.3. The van der Waals surface area contributed by atoms with E-state index in [1.807, 2.05) is 31.2 Å². The van der Waals surface area contributed by atoms with Gasteiger partial charge in [-0.05, 0) is 30.2 Å². The lowest BCUT2D eigenvalue weighted by Crippen LogP contribution is -2.30. The van der Waals surface area contributed by atoms with Crippen molar-refractivity contribution < 1.29 is 19.4 Å². The molecule has 23 heavy (non-hydrogen) atoms. The molecule has 0 atom stereocenters. The first kappa shape index (κ1) is 17.5. The van der Waals surface area contributed by atoms with E-state index in [2.05, 4.69) is 0 Å². The Labute approximate surface area is 144 Å². The summed E-state index contributed by atoms with van der Waals surface area (Å²) in [5.41, 5.74) is 0.868. The monoisotopic (exact) mass is 351 g/mol.